The molecule has 0 fully saturated rings. The number of ether oxygens (including phenoxy) is 2. The molecule has 1 aromatic heterocycles. The molecule has 0 aliphatic carbocycles. The highest BCUT2D eigenvalue weighted by atomic mass is 19.3. The predicted octanol–water partition coefficient (Wildman–Crippen LogP) is 5.66. The van der Waals surface area contributed by atoms with Crippen LogP contribution in [0.25, 0.3) is 28.5 Å². The van der Waals surface area contributed by atoms with Crippen LogP contribution >= 0.6 is 0 Å². The first-order valence-corrected chi connectivity index (χ1v) is 10.5. The zero-order chi connectivity index (χ0) is 24.8. The molecule has 4 rings (SSSR count). The first kappa shape index (κ1) is 23.4. The van der Waals surface area contributed by atoms with Crippen LogP contribution in [0.2, 0.25) is 0 Å². The number of carbonyl (C=O) groups is 1. The van der Waals surface area contributed by atoms with Crippen LogP contribution < -0.4 is 14.8 Å². The Balaban J connectivity index is 1.46. The lowest BCUT2D eigenvalue weighted by atomic mass is 10.1. The average molecular weight is 474 g/mol. The standard InChI is InChI=1S/C26H20F2N4O3/c1-34-23-16-17(6-12-22(23)35-15-14-29)7-13-24(33)30-19-10-8-18(9-11-19)25-31-20-4-2-3-5-21(20)32(25)26(27)28/h2-13,16,26H,15H2,1H3,(H,30,33)/b13-7+. The van der Waals surface area contributed by atoms with Gasteiger partial charge in [0.15, 0.2) is 18.1 Å². The summed E-state index contributed by atoms with van der Waals surface area (Å²) in [6.07, 6.45) is 2.96. The zero-order valence-corrected chi connectivity index (χ0v) is 18.6. The Hall–Kier alpha value is -4.71. The van der Waals surface area contributed by atoms with E-state index in [1.165, 1.54) is 13.2 Å². The smallest absolute Gasteiger partial charge is 0.320 e. The molecule has 35 heavy (non-hydrogen) atoms. The summed E-state index contributed by atoms with van der Waals surface area (Å²) in [7, 11) is 1.48. The van der Waals surface area contributed by atoms with E-state index >= 15 is 0 Å². The van der Waals surface area contributed by atoms with E-state index in [0.717, 1.165) is 4.57 Å². The Labute approximate surface area is 199 Å². The van der Waals surface area contributed by atoms with Gasteiger partial charge in [0, 0.05) is 17.3 Å². The monoisotopic (exact) mass is 474 g/mol. The molecule has 7 nitrogen and oxygen atoms in total. The van der Waals surface area contributed by atoms with Gasteiger partial charge < -0.3 is 14.8 Å². The van der Waals surface area contributed by atoms with Crippen molar-refractivity contribution in [2.24, 2.45) is 0 Å². The molecule has 0 saturated carbocycles. The molecule has 0 spiro atoms. The van der Waals surface area contributed by atoms with Gasteiger partial charge >= 0.3 is 6.55 Å². The summed E-state index contributed by atoms with van der Waals surface area (Å²) in [4.78, 5) is 16.7. The number of amides is 1. The summed E-state index contributed by atoms with van der Waals surface area (Å²) in [6, 6.07) is 20.2. The molecule has 9 heteroatoms. The van der Waals surface area contributed by atoms with Gasteiger partial charge in [-0.05, 0) is 60.2 Å². The summed E-state index contributed by atoms with van der Waals surface area (Å²) >= 11 is 0. The second-order valence-corrected chi connectivity index (χ2v) is 7.33. The van der Waals surface area contributed by atoms with Crippen molar-refractivity contribution < 1.29 is 23.0 Å². The summed E-state index contributed by atoms with van der Waals surface area (Å²) in [5, 5.41) is 11.4. The van der Waals surface area contributed by atoms with Gasteiger partial charge in [0.05, 0.1) is 18.1 Å². The number of halogens is 2. The molecule has 176 valence electrons. The molecule has 1 amide bonds. The SMILES string of the molecule is COc1cc(/C=C/C(=O)Nc2ccc(-c3nc4ccccc4n3C(F)F)cc2)ccc1OCC#N. The molecule has 0 saturated heterocycles. The van der Waals surface area contributed by atoms with Gasteiger partial charge in [0.1, 0.15) is 11.9 Å². The third kappa shape index (κ3) is 5.28. The van der Waals surface area contributed by atoms with Gasteiger partial charge in [0.2, 0.25) is 5.91 Å². The van der Waals surface area contributed by atoms with Gasteiger partial charge in [-0.25, -0.2) is 4.98 Å². The third-order valence-electron chi connectivity index (χ3n) is 5.11. The quantitative estimate of drug-likeness (QED) is 0.333. The van der Waals surface area contributed by atoms with Gasteiger partial charge in [-0.3, -0.25) is 9.36 Å². The maximum Gasteiger partial charge on any atom is 0.320 e. The molecule has 3 aromatic carbocycles. The summed E-state index contributed by atoms with van der Waals surface area (Å²) in [6.45, 7) is -2.85. The van der Waals surface area contributed by atoms with Crippen molar-refractivity contribution in [2.45, 2.75) is 6.55 Å². The maximum absolute atomic E-state index is 13.7. The number of para-hydroxylation sites is 2. The molecular weight excluding hydrogens is 454 g/mol. The number of hydrogen-bond donors (Lipinski definition) is 1. The van der Waals surface area contributed by atoms with Crippen molar-refractivity contribution >= 4 is 28.7 Å². The normalized spacial score (nSPS) is 11.1. The second kappa shape index (κ2) is 10.5. The van der Waals surface area contributed by atoms with Crippen LogP contribution in [0.3, 0.4) is 0 Å². The van der Waals surface area contributed by atoms with Crippen LogP contribution in [0.4, 0.5) is 14.5 Å². The molecule has 0 radical (unpaired) electrons. The minimum absolute atomic E-state index is 0.104. The number of benzene rings is 3. The van der Waals surface area contributed by atoms with E-state index < -0.39 is 6.55 Å². The molecule has 0 unspecified atom stereocenters. The summed E-state index contributed by atoms with van der Waals surface area (Å²) in [5.41, 5.74) is 2.53. The highest BCUT2D eigenvalue weighted by Gasteiger charge is 2.18. The Morgan fingerprint density at radius 1 is 1.14 bits per heavy atom. The Morgan fingerprint density at radius 2 is 1.91 bits per heavy atom. The van der Waals surface area contributed by atoms with E-state index in [4.69, 9.17) is 14.7 Å². The number of fused-ring (bicyclic) bond motifs is 1. The predicted molar refractivity (Wildman–Crippen MR) is 128 cm³/mol. The molecule has 0 aliphatic heterocycles. The van der Waals surface area contributed by atoms with Crippen molar-refractivity contribution in [1.82, 2.24) is 9.55 Å². The fourth-order valence-electron chi connectivity index (χ4n) is 3.52. The van der Waals surface area contributed by atoms with Crippen molar-refractivity contribution in [2.75, 3.05) is 19.0 Å². The van der Waals surface area contributed by atoms with Gasteiger partial charge in [-0.2, -0.15) is 14.0 Å². The van der Waals surface area contributed by atoms with Crippen molar-refractivity contribution in [3.8, 4) is 29.0 Å². The Bertz CT molecular complexity index is 1420. The number of imidazole rings is 1. The number of nitrogens with zero attached hydrogens (tertiary/aromatic N) is 3. The Morgan fingerprint density at radius 3 is 2.63 bits per heavy atom. The van der Waals surface area contributed by atoms with Crippen molar-refractivity contribution in [3.05, 3.63) is 78.4 Å². The first-order valence-electron chi connectivity index (χ1n) is 10.5. The zero-order valence-electron chi connectivity index (χ0n) is 18.6. The summed E-state index contributed by atoms with van der Waals surface area (Å²) < 4.78 is 38.8. The minimum Gasteiger partial charge on any atom is -0.493 e. The van der Waals surface area contributed by atoms with Gasteiger partial charge in [0.25, 0.3) is 0 Å². The highest BCUT2D eigenvalue weighted by molar-refractivity contribution is 6.02. The molecule has 0 bridgehead atoms. The van der Waals surface area contributed by atoms with E-state index in [0.29, 0.717) is 39.3 Å². The fourth-order valence-corrected chi connectivity index (χ4v) is 3.52. The first-order chi connectivity index (χ1) is 17.0. The van der Waals surface area contributed by atoms with E-state index in [9.17, 15) is 13.6 Å². The number of nitrogens with one attached hydrogen (secondary N) is 1. The maximum atomic E-state index is 13.7. The number of rotatable bonds is 8. The lowest BCUT2D eigenvalue weighted by Crippen LogP contribution is -2.07. The van der Waals surface area contributed by atoms with Crippen LogP contribution in [0, 0.1) is 11.3 Å². The van der Waals surface area contributed by atoms with Crippen LogP contribution in [0.1, 0.15) is 12.1 Å². The third-order valence-corrected chi connectivity index (χ3v) is 5.11. The largest absolute Gasteiger partial charge is 0.493 e. The van der Waals surface area contributed by atoms with Crippen molar-refractivity contribution in [1.29, 1.82) is 5.26 Å². The molecular formula is C26H20F2N4O3. The number of anilines is 1. The number of hydrogen-bond acceptors (Lipinski definition) is 5. The van der Waals surface area contributed by atoms with E-state index in [2.05, 4.69) is 10.3 Å². The van der Waals surface area contributed by atoms with Crippen LogP contribution in [-0.2, 0) is 4.79 Å². The van der Waals surface area contributed by atoms with Gasteiger partial charge in [-0.15, -0.1) is 0 Å². The Kier molecular flexibility index (Phi) is 7.02. The van der Waals surface area contributed by atoms with E-state index in [1.54, 1.807) is 72.8 Å². The van der Waals surface area contributed by atoms with Gasteiger partial charge in [-0.1, -0.05) is 18.2 Å². The van der Waals surface area contributed by atoms with E-state index in [1.807, 2.05) is 6.07 Å². The van der Waals surface area contributed by atoms with Crippen LogP contribution in [0.5, 0.6) is 11.5 Å². The highest BCUT2D eigenvalue weighted by Crippen LogP contribution is 2.31. The number of alkyl halides is 2. The summed E-state index contributed by atoms with van der Waals surface area (Å²) in [5.74, 6) is 0.640. The molecule has 1 N–H and O–H groups in total. The van der Waals surface area contributed by atoms with Crippen molar-refractivity contribution in [3.63, 3.8) is 0 Å². The number of methoxy groups -OCH3 is 1. The lowest BCUT2D eigenvalue weighted by molar-refractivity contribution is -0.111. The average Bonchev–Trinajstić information content (AvgIpc) is 3.27. The molecule has 0 atom stereocenters. The fraction of sp³-hybridized carbons (Fsp3) is 0.115. The molecule has 0 aliphatic rings. The van der Waals surface area contributed by atoms with E-state index in [-0.39, 0.29) is 18.3 Å². The number of aromatic nitrogens is 2. The number of nitriles is 1. The lowest BCUT2D eigenvalue weighted by Gasteiger charge is -2.09. The van der Waals surface area contributed by atoms with Crippen LogP contribution in [-0.4, -0.2) is 29.2 Å². The molecule has 4 aromatic rings. The minimum atomic E-state index is -2.74. The topological polar surface area (TPSA) is 89.2 Å². The van der Waals surface area contributed by atoms with Crippen LogP contribution in [0.15, 0.2) is 72.8 Å². The second-order valence-electron chi connectivity index (χ2n) is 7.33. The molecule has 1 heterocycles. The number of carbonyl (C=O) groups excluding carboxylic acids is 1.